The summed E-state index contributed by atoms with van der Waals surface area (Å²) in [5, 5.41) is 15.9. The van der Waals surface area contributed by atoms with E-state index in [9.17, 15) is 14.4 Å². The Labute approximate surface area is 136 Å². The Hall–Kier alpha value is -1.71. The van der Waals surface area contributed by atoms with Crippen molar-refractivity contribution in [3.8, 4) is 0 Å². The number of carbonyl (C=O) groups is 3. The molecule has 0 fully saturated rings. The molecule has 9 nitrogen and oxygen atoms in total. The van der Waals surface area contributed by atoms with Gasteiger partial charge in [0.25, 0.3) is 0 Å². The van der Waals surface area contributed by atoms with E-state index in [0.717, 1.165) is 12.8 Å². The normalized spacial score (nSPS) is 14.5. The van der Waals surface area contributed by atoms with Crippen LogP contribution in [-0.4, -0.2) is 61.4 Å². The first-order chi connectivity index (χ1) is 10.9. The van der Waals surface area contributed by atoms with Crippen molar-refractivity contribution in [1.29, 1.82) is 0 Å². The van der Waals surface area contributed by atoms with E-state index in [-0.39, 0.29) is 12.5 Å². The van der Waals surface area contributed by atoms with Gasteiger partial charge in [-0.05, 0) is 27.3 Å². The zero-order chi connectivity index (χ0) is 17.8. The van der Waals surface area contributed by atoms with Gasteiger partial charge in [-0.2, -0.15) is 5.26 Å². The van der Waals surface area contributed by atoms with Crippen molar-refractivity contribution in [2.75, 3.05) is 20.3 Å². The van der Waals surface area contributed by atoms with Crippen LogP contribution in [0.3, 0.4) is 0 Å². The second kappa shape index (κ2) is 11.8. The van der Waals surface area contributed by atoms with Crippen LogP contribution < -0.4 is 16.0 Å². The summed E-state index contributed by atoms with van der Waals surface area (Å²) in [6, 6.07) is -2.46. The zero-order valence-electron chi connectivity index (χ0n) is 14.0. The van der Waals surface area contributed by atoms with Gasteiger partial charge in [0.2, 0.25) is 11.8 Å². The number of hydrogen-bond donors (Lipinski definition) is 4. The fourth-order valence-corrected chi connectivity index (χ4v) is 1.59. The monoisotopic (exact) mass is 333 g/mol. The lowest BCUT2D eigenvalue weighted by Gasteiger charge is -2.20. The Morgan fingerprint density at radius 3 is 2.22 bits per heavy atom. The van der Waals surface area contributed by atoms with Gasteiger partial charge >= 0.3 is 5.97 Å². The number of likely N-dealkylation sites (N-methyl/N-ethyl adjacent to an activating group) is 1. The molecular formula is C14H27N3O6. The third kappa shape index (κ3) is 8.48. The number of amides is 2. The van der Waals surface area contributed by atoms with Gasteiger partial charge < -0.3 is 20.7 Å². The molecule has 0 radical (unpaired) electrons. The number of ether oxygens (including phenoxy) is 1. The highest BCUT2D eigenvalue weighted by atomic mass is 17.1. The first kappa shape index (κ1) is 21.3. The van der Waals surface area contributed by atoms with Gasteiger partial charge in [0.05, 0.1) is 6.61 Å². The molecule has 9 heteroatoms. The number of unbranched alkanes of at least 4 members (excludes halogenated alkanes) is 1. The predicted octanol–water partition coefficient (Wildman–Crippen LogP) is -0.583. The Kier molecular flexibility index (Phi) is 10.9. The smallest absolute Gasteiger partial charge is 0.363 e. The van der Waals surface area contributed by atoms with E-state index in [0.29, 0.717) is 6.61 Å². The van der Waals surface area contributed by atoms with Crippen molar-refractivity contribution in [1.82, 2.24) is 16.0 Å². The summed E-state index contributed by atoms with van der Waals surface area (Å²) in [6.07, 6.45) is 1.91. The van der Waals surface area contributed by atoms with Crippen LogP contribution in [0.1, 0.15) is 33.6 Å². The van der Waals surface area contributed by atoms with E-state index >= 15 is 0 Å². The van der Waals surface area contributed by atoms with Gasteiger partial charge in [0.15, 0.2) is 0 Å². The van der Waals surface area contributed by atoms with Crippen LogP contribution >= 0.6 is 0 Å². The summed E-state index contributed by atoms with van der Waals surface area (Å²) in [5.41, 5.74) is 0. The molecule has 0 saturated carbocycles. The first-order valence-electron chi connectivity index (χ1n) is 7.58. The molecule has 2 amide bonds. The Morgan fingerprint density at radius 2 is 1.70 bits per heavy atom. The van der Waals surface area contributed by atoms with Crippen LogP contribution in [0.5, 0.6) is 0 Å². The van der Waals surface area contributed by atoms with E-state index < -0.39 is 30.0 Å². The van der Waals surface area contributed by atoms with Crippen molar-refractivity contribution in [2.45, 2.75) is 51.7 Å². The maximum absolute atomic E-state index is 12.1. The maximum atomic E-state index is 12.1. The minimum Gasteiger partial charge on any atom is -0.379 e. The second-order valence-corrected chi connectivity index (χ2v) is 5.14. The summed E-state index contributed by atoms with van der Waals surface area (Å²) in [5.74, 6) is -1.95. The first-order valence-corrected chi connectivity index (χ1v) is 7.58. The summed E-state index contributed by atoms with van der Waals surface area (Å²) in [7, 11) is 1.62. The molecule has 3 atom stereocenters. The van der Waals surface area contributed by atoms with Crippen LogP contribution in [0.2, 0.25) is 0 Å². The van der Waals surface area contributed by atoms with Crippen molar-refractivity contribution < 1.29 is 29.3 Å². The summed E-state index contributed by atoms with van der Waals surface area (Å²) < 4.78 is 5.39. The number of rotatable bonds is 11. The summed E-state index contributed by atoms with van der Waals surface area (Å²) in [6.45, 7) is 5.64. The molecule has 0 rings (SSSR count). The van der Waals surface area contributed by atoms with E-state index in [4.69, 9.17) is 9.99 Å². The van der Waals surface area contributed by atoms with Gasteiger partial charge in [-0.1, -0.05) is 13.3 Å². The standard InChI is InChI=1S/C14H27N3O6/c1-5-6-7-22-8-11(15-4)13(19)16-9(2)12(18)17-10(3)14(20)23-21/h9-11,15,21H,5-8H2,1-4H3,(H,16,19)(H,17,18)/t9-,10-,11-/m1/s1. The molecular weight excluding hydrogens is 306 g/mol. The molecule has 0 heterocycles. The Morgan fingerprint density at radius 1 is 1.09 bits per heavy atom. The van der Waals surface area contributed by atoms with Gasteiger partial charge in [-0.15, -0.1) is 0 Å². The average molecular weight is 333 g/mol. The molecule has 0 aromatic heterocycles. The van der Waals surface area contributed by atoms with Crippen molar-refractivity contribution in [3.05, 3.63) is 0 Å². The Bertz CT molecular complexity index is 391. The van der Waals surface area contributed by atoms with Gasteiger partial charge in [-0.25, -0.2) is 4.79 Å². The topological polar surface area (TPSA) is 126 Å². The van der Waals surface area contributed by atoms with Crippen LogP contribution in [0, 0.1) is 0 Å². The number of hydrogen-bond acceptors (Lipinski definition) is 7. The molecule has 0 aromatic carbocycles. The Balaban J connectivity index is 4.33. The second-order valence-electron chi connectivity index (χ2n) is 5.14. The molecule has 0 aromatic rings. The molecule has 0 aliphatic rings. The lowest BCUT2D eigenvalue weighted by molar-refractivity contribution is -0.236. The minimum atomic E-state index is -1.02. The van der Waals surface area contributed by atoms with E-state index in [1.165, 1.54) is 13.8 Å². The fourth-order valence-electron chi connectivity index (χ4n) is 1.59. The van der Waals surface area contributed by atoms with E-state index in [1.54, 1.807) is 7.05 Å². The van der Waals surface area contributed by atoms with Crippen molar-refractivity contribution in [3.63, 3.8) is 0 Å². The quantitative estimate of drug-likeness (QED) is 0.226. The van der Waals surface area contributed by atoms with Crippen LogP contribution in [0.4, 0.5) is 0 Å². The van der Waals surface area contributed by atoms with Gasteiger partial charge in [0, 0.05) is 6.61 Å². The molecule has 0 bridgehead atoms. The summed E-state index contributed by atoms with van der Waals surface area (Å²) >= 11 is 0. The molecule has 0 aliphatic carbocycles. The molecule has 0 saturated heterocycles. The minimum absolute atomic E-state index is 0.198. The molecule has 4 N–H and O–H groups in total. The highest BCUT2D eigenvalue weighted by Crippen LogP contribution is 1.94. The molecule has 0 spiro atoms. The number of carbonyl (C=O) groups excluding carboxylic acids is 3. The molecule has 23 heavy (non-hydrogen) atoms. The number of nitrogens with one attached hydrogen (secondary N) is 3. The van der Waals surface area contributed by atoms with Gasteiger partial charge in [-0.3, -0.25) is 14.5 Å². The van der Waals surface area contributed by atoms with Gasteiger partial charge in [0.1, 0.15) is 18.1 Å². The van der Waals surface area contributed by atoms with Crippen molar-refractivity contribution in [2.24, 2.45) is 0 Å². The molecule has 0 aliphatic heterocycles. The lowest BCUT2D eigenvalue weighted by Crippen LogP contribution is -2.54. The van der Waals surface area contributed by atoms with Crippen molar-refractivity contribution >= 4 is 17.8 Å². The van der Waals surface area contributed by atoms with E-state index in [2.05, 4.69) is 20.8 Å². The highest BCUT2D eigenvalue weighted by molar-refractivity contribution is 5.91. The third-order valence-electron chi connectivity index (χ3n) is 3.15. The third-order valence-corrected chi connectivity index (χ3v) is 3.15. The summed E-state index contributed by atoms with van der Waals surface area (Å²) in [4.78, 5) is 38.5. The average Bonchev–Trinajstić information content (AvgIpc) is 2.53. The highest BCUT2D eigenvalue weighted by Gasteiger charge is 2.24. The SMILES string of the molecule is CCCCOC[C@@H](NC)C(=O)N[C@H](C)C(=O)N[C@H](C)C(=O)OO. The fraction of sp³-hybridized carbons (Fsp3) is 0.786. The zero-order valence-corrected chi connectivity index (χ0v) is 14.0. The van der Waals surface area contributed by atoms with E-state index in [1.807, 2.05) is 6.92 Å². The maximum Gasteiger partial charge on any atom is 0.363 e. The van der Waals surface area contributed by atoms with Crippen LogP contribution in [0.15, 0.2) is 0 Å². The lowest BCUT2D eigenvalue weighted by atomic mass is 10.2. The van der Waals surface area contributed by atoms with Crippen LogP contribution in [0.25, 0.3) is 0 Å². The largest absolute Gasteiger partial charge is 0.379 e. The van der Waals surface area contributed by atoms with Crippen LogP contribution in [-0.2, 0) is 24.0 Å². The predicted molar refractivity (Wildman–Crippen MR) is 82.5 cm³/mol. The molecule has 0 unspecified atom stereocenters. The molecule has 134 valence electrons.